The zero-order chi connectivity index (χ0) is 50.2. The number of carbonyl (C=O) groups is 1. The molecule has 0 bridgehead atoms. The van der Waals surface area contributed by atoms with E-state index >= 15 is 0 Å². The van der Waals surface area contributed by atoms with Crippen molar-refractivity contribution < 1.29 is 25.2 Å². The normalized spacial score (nSPS) is 14.1. The lowest BCUT2D eigenvalue weighted by atomic mass is 10.00. The van der Waals surface area contributed by atoms with Crippen LogP contribution in [0.2, 0.25) is 0 Å². The molecule has 404 valence electrons. The Morgan fingerprint density at radius 1 is 0.362 bits per heavy atom. The van der Waals surface area contributed by atoms with Gasteiger partial charge in [-0.05, 0) is 96.3 Å². The topological polar surface area (TPSA) is 110 Å². The number of aliphatic hydroxyl groups is 4. The second kappa shape index (κ2) is 56.9. The molecule has 0 radical (unpaired) electrons. The first-order valence-corrected chi connectivity index (χ1v) is 30.2. The first-order valence-electron chi connectivity index (χ1n) is 30.2. The van der Waals surface area contributed by atoms with Gasteiger partial charge >= 0.3 is 0 Å². The van der Waals surface area contributed by atoms with Crippen LogP contribution in [0.1, 0.15) is 303 Å². The maximum absolute atomic E-state index is 12.6. The molecule has 0 heterocycles. The SMILES string of the molecule is CCCCCCCC/C=C/CC/C=C/CC/C=C/CCCC(O)C(O)C(CO)NC(=O)C(O)CCCCCCCCCCCCCCCCCC/C=C\C/C=C\CCCCCCCCCCCCC. The number of nitrogens with one attached hydrogen (secondary N) is 1. The van der Waals surface area contributed by atoms with Crippen LogP contribution in [0.4, 0.5) is 0 Å². The molecule has 0 saturated heterocycles. The molecular formula is C63H117NO5. The van der Waals surface area contributed by atoms with Crippen LogP contribution in [0.25, 0.3) is 0 Å². The summed E-state index contributed by atoms with van der Waals surface area (Å²) in [5.41, 5.74) is 0. The average Bonchev–Trinajstić information content (AvgIpc) is 3.35. The van der Waals surface area contributed by atoms with Crippen LogP contribution in [-0.4, -0.2) is 57.3 Å². The molecule has 0 aliphatic carbocycles. The minimum atomic E-state index is -1.30. The van der Waals surface area contributed by atoms with Crippen LogP contribution >= 0.6 is 0 Å². The molecule has 4 atom stereocenters. The summed E-state index contributed by atoms with van der Waals surface area (Å²) in [4.78, 5) is 12.6. The number of aliphatic hydroxyl groups excluding tert-OH is 4. The van der Waals surface area contributed by atoms with Gasteiger partial charge in [0.25, 0.3) is 0 Å². The molecule has 0 rings (SSSR count). The lowest BCUT2D eigenvalue weighted by Crippen LogP contribution is -2.53. The molecule has 5 N–H and O–H groups in total. The summed E-state index contributed by atoms with van der Waals surface area (Å²) in [6, 6.07) is -1.01. The van der Waals surface area contributed by atoms with E-state index in [4.69, 9.17) is 0 Å². The molecule has 6 nitrogen and oxygen atoms in total. The van der Waals surface area contributed by atoms with Crippen molar-refractivity contribution in [3.8, 4) is 0 Å². The monoisotopic (exact) mass is 968 g/mol. The van der Waals surface area contributed by atoms with Gasteiger partial charge in [-0.1, -0.05) is 267 Å². The molecule has 69 heavy (non-hydrogen) atoms. The van der Waals surface area contributed by atoms with Crippen molar-refractivity contribution in [3.05, 3.63) is 60.8 Å². The van der Waals surface area contributed by atoms with Gasteiger partial charge in [-0.3, -0.25) is 4.79 Å². The van der Waals surface area contributed by atoms with Gasteiger partial charge in [0.05, 0.1) is 18.8 Å². The summed E-state index contributed by atoms with van der Waals surface area (Å²) in [5, 5.41) is 44.0. The van der Waals surface area contributed by atoms with E-state index in [9.17, 15) is 25.2 Å². The number of hydrogen-bond acceptors (Lipinski definition) is 5. The van der Waals surface area contributed by atoms with Gasteiger partial charge < -0.3 is 25.7 Å². The molecule has 0 spiro atoms. The minimum Gasteiger partial charge on any atom is -0.394 e. The Bertz CT molecular complexity index is 1180. The van der Waals surface area contributed by atoms with Crippen molar-refractivity contribution >= 4 is 5.91 Å². The number of amides is 1. The summed E-state index contributed by atoms with van der Waals surface area (Å²) in [6.45, 7) is 4.05. The smallest absolute Gasteiger partial charge is 0.249 e. The van der Waals surface area contributed by atoms with Crippen LogP contribution < -0.4 is 5.32 Å². The molecular weight excluding hydrogens is 851 g/mol. The van der Waals surface area contributed by atoms with E-state index in [0.717, 1.165) is 57.8 Å². The van der Waals surface area contributed by atoms with Crippen molar-refractivity contribution in [1.29, 1.82) is 0 Å². The fraction of sp³-hybridized carbons (Fsp3) is 0.825. The van der Waals surface area contributed by atoms with Crippen molar-refractivity contribution in [2.45, 2.75) is 327 Å². The largest absolute Gasteiger partial charge is 0.394 e. The van der Waals surface area contributed by atoms with E-state index in [0.29, 0.717) is 19.3 Å². The van der Waals surface area contributed by atoms with E-state index in [2.05, 4.69) is 79.9 Å². The van der Waals surface area contributed by atoms with Gasteiger partial charge in [0.2, 0.25) is 5.91 Å². The number of carbonyl (C=O) groups excluding carboxylic acids is 1. The van der Waals surface area contributed by atoms with Crippen molar-refractivity contribution in [3.63, 3.8) is 0 Å². The lowest BCUT2D eigenvalue weighted by molar-refractivity contribution is -0.132. The highest BCUT2D eigenvalue weighted by Crippen LogP contribution is 2.17. The number of rotatable bonds is 55. The first kappa shape index (κ1) is 67.0. The second-order valence-corrected chi connectivity index (χ2v) is 20.7. The van der Waals surface area contributed by atoms with Crippen LogP contribution in [0.15, 0.2) is 60.8 Å². The second-order valence-electron chi connectivity index (χ2n) is 20.7. The molecule has 0 aliphatic rings. The van der Waals surface area contributed by atoms with Crippen molar-refractivity contribution in [1.82, 2.24) is 5.32 Å². The maximum atomic E-state index is 12.6. The first-order chi connectivity index (χ1) is 34.0. The zero-order valence-electron chi connectivity index (χ0n) is 45.8. The zero-order valence-corrected chi connectivity index (χ0v) is 45.8. The number of hydrogen-bond donors (Lipinski definition) is 5. The van der Waals surface area contributed by atoms with Gasteiger partial charge in [-0.15, -0.1) is 0 Å². The highest BCUT2D eigenvalue weighted by atomic mass is 16.3. The van der Waals surface area contributed by atoms with Gasteiger partial charge in [0.1, 0.15) is 12.2 Å². The summed E-state index contributed by atoms with van der Waals surface area (Å²) in [7, 11) is 0. The van der Waals surface area contributed by atoms with E-state index in [1.165, 1.54) is 212 Å². The van der Waals surface area contributed by atoms with E-state index in [1.807, 2.05) is 0 Å². The summed E-state index contributed by atoms with van der Waals surface area (Å²) in [5.74, 6) is -0.598. The summed E-state index contributed by atoms with van der Waals surface area (Å²) in [6.07, 6.45) is 74.5. The van der Waals surface area contributed by atoms with E-state index in [1.54, 1.807) is 0 Å². The third-order valence-electron chi connectivity index (χ3n) is 13.9. The van der Waals surface area contributed by atoms with Crippen LogP contribution in [0.3, 0.4) is 0 Å². The highest BCUT2D eigenvalue weighted by Gasteiger charge is 2.28. The highest BCUT2D eigenvalue weighted by molar-refractivity contribution is 5.80. The quantitative estimate of drug-likeness (QED) is 0.0308. The maximum Gasteiger partial charge on any atom is 0.249 e. The Hall–Kier alpha value is -1.99. The number of allylic oxidation sites excluding steroid dienone is 10. The Morgan fingerprint density at radius 3 is 1.00 bits per heavy atom. The molecule has 6 heteroatoms. The predicted molar refractivity (Wildman–Crippen MR) is 302 cm³/mol. The Kier molecular flexibility index (Phi) is 55.3. The summed E-state index contributed by atoms with van der Waals surface area (Å²) >= 11 is 0. The molecule has 0 saturated carbocycles. The number of unbranched alkanes of at least 4 members (excludes halogenated alkanes) is 36. The molecule has 0 fully saturated rings. The Balaban J connectivity index is 3.63. The van der Waals surface area contributed by atoms with Crippen LogP contribution in [0, 0.1) is 0 Å². The third kappa shape index (κ3) is 50.7. The van der Waals surface area contributed by atoms with Crippen molar-refractivity contribution in [2.24, 2.45) is 0 Å². The van der Waals surface area contributed by atoms with Gasteiger partial charge in [0, 0.05) is 0 Å². The van der Waals surface area contributed by atoms with E-state index in [-0.39, 0.29) is 0 Å². The summed E-state index contributed by atoms with van der Waals surface area (Å²) < 4.78 is 0. The third-order valence-corrected chi connectivity index (χ3v) is 13.9. The van der Waals surface area contributed by atoms with Gasteiger partial charge in [-0.2, -0.15) is 0 Å². The predicted octanol–water partition coefficient (Wildman–Crippen LogP) is 17.9. The molecule has 4 unspecified atom stereocenters. The molecule has 0 aromatic carbocycles. The van der Waals surface area contributed by atoms with Crippen LogP contribution in [-0.2, 0) is 4.79 Å². The van der Waals surface area contributed by atoms with Crippen molar-refractivity contribution in [2.75, 3.05) is 6.61 Å². The van der Waals surface area contributed by atoms with E-state index < -0.39 is 36.9 Å². The lowest BCUT2D eigenvalue weighted by Gasteiger charge is -2.27. The van der Waals surface area contributed by atoms with Gasteiger partial charge in [0.15, 0.2) is 0 Å². The standard InChI is InChI=1S/C63H117NO5/c1-3-5-7-9-11-13-15-17-19-21-23-24-25-26-27-28-29-30-31-32-33-34-35-36-37-39-41-43-45-47-49-51-53-55-57-61(67)63(69)64-59(58-65)62(68)60(66)56-54-52-50-48-46-44-42-40-38-22-20-18-16-14-12-10-8-6-4-2/h18,20,25-26,28-29,40,42,48,50,59-62,65-68H,3-17,19,21-24,27,30-39,41,43-47,49,51-58H2,1-2H3,(H,64,69)/b20-18+,26-25-,29-28-,42-40+,50-48+. The fourth-order valence-electron chi connectivity index (χ4n) is 9.18. The molecule has 1 amide bonds. The average molecular weight is 969 g/mol. The van der Waals surface area contributed by atoms with Crippen LogP contribution in [0.5, 0.6) is 0 Å². The molecule has 0 aliphatic heterocycles. The minimum absolute atomic E-state index is 0.358. The Morgan fingerprint density at radius 2 is 0.652 bits per heavy atom. The Labute approximate surface area is 429 Å². The molecule has 0 aromatic heterocycles. The van der Waals surface area contributed by atoms with Gasteiger partial charge in [-0.25, -0.2) is 0 Å². The molecule has 0 aromatic rings. The fourth-order valence-corrected chi connectivity index (χ4v) is 9.18.